The summed E-state index contributed by atoms with van der Waals surface area (Å²) in [6.07, 6.45) is 5.97. The van der Waals surface area contributed by atoms with E-state index in [0.29, 0.717) is 12.0 Å². The number of amides is 1. The molecule has 0 bridgehead atoms. The molecule has 34 heavy (non-hydrogen) atoms. The van der Waals surface area contributed by atoms with Crippen molar-refractivity contribution >= 4 is 27.8 Å². The van der Waals surface area contributed by atoms with Gasteiger partial charge in [0.2, 0.25) is 0 Å². The molecule has 1 aliphatic carbocycles. The van der Waals surface area contributed by atoms with Gasteiger partial charge in [0.15, 0.2) is 5.82 Å². The predicted octanol–water partition coefficient (Wildman–Crippen LogP) is 5.13. The molecule has 1 saturated carbocycles. The van der Waals surface area contributed by atoms with Crippen LogP contribution in [-0.4, -0.2) is 43.1 Å². The number of aliphatic hydroxyl groups excluding tert-OH is 1. The van der Waals surface area contributed by atoms with Crippen molar-refractivity contribution in [2.45, 2.75) is 57.7 Å². The molecule has 174 valence electrons. The third-order valence-electron chi connectivity index (χ3n) is 7.92. The summed E-state index contributed by atoms with van der Waals surface area (Å²) in [6, 6.07) is 14.7. The maximum absolute atomic E-state index is 13.3. The zero-order chi connectivity index (χ0) is 22.8. The van der Waals surface area contributed by atoms with Crippen molar-refractivity contribution in [2.24, 2.45) is 5.92 Å². The molecule has 2 fully saturated rings. The quantitative estimate of drug-likeness (QED) is 0.465. The van der Waals surface area contributed by atoms with Gasteiger partial charge in [-0.05, 0) is 68.7 Å². The van der Waals surface area contributed by atoms with E-state index in [4.69, 9.17) is 4.98 Å². The van der Waals surface area contributed by atoms with Crippen molar-refractivity contribution < 1.29 is 9.90 Å². The van der Waals surface area contributed by atoms with Crippen molar-refractivity contribution in [3.05, 3.63) is 53.6 Å². The second kappa shape index (κ2) is 7.70. The number of likely N-dealkylation sites (tertiary alicyclic amines) is 1. The molecular formula is C28H30N4O2. The maximum Gasteiger partial charge on any atom is 0.253 e. The zero-order valence-electron chi connectivity index (χ0n) is 19.4. The summed E-state index contributed by atoms with van der Waals surface area (Å²) in [7, 11) is 0. The van der Waals surface area contributed by atoms with Gasteiger partial charge < -0.3 is 19.1 Å². The van der Waals surface area contributed by atoms with Crippen LogP contribution < -0.4 is 0 Å². The Hall–Kier alpha value is -3.12. The highest BCUT2D eigenvalue weighted by Crippen LogP contribution is 2.40. The zero-order valence-corrected chi connectivity index (χ0v) is 19.4. The van der Waals surface area contributed by atoms with Crippen molar-refractivity contribution in [2.75, 3.05) is 13.1 Å². The SMILES string of the molecule is O=C(c1cc2c3c(c1)nc(-c1cc4ccccc4n1CC1CC1)n3CCC2O)N1CCCCC1. The van der Waals surface area contributed by atoms with Gasteiger partial charge in [-0.2, -0.15) is 0 Å². The molecule has 3 aliphatic rings. The molecule has 1 N–H and O–H groups in total. The summed E-state index contributed by atoms with van der Waals surface area (Å²) in [5.41, 5.74) is 5.67. The molecule has 2 aromatic carbocycles. The number of para-hydroxylation sites is 1. The van der Waals surface area contributed by atoms with E-state index in [1.54, 1.807) is 0 Å². The van der Waals surface area contributed by atoms with Crippen LogP contribution in [0.3, 0.4) is 0 Å². The van der Waals surface area contributed by atoms with Crippen molar-refractivity contribution in [1.82, 2.24) is 19.0 Å². The number of benzene rings is 2. The molecule has 4 heterocycles. The Labute approximate surface area is 198 Å². The third kappa shape index (κ3) is 3.19. The molecule has 4 aromatic rings. The van der Waals surface area contributed by atoms with Gasteiger partial charge in [0, 0.05) is 48.2 Å². The molecule has 6 heteroatoms. The van der Waals surface area contributed by atoms with Crippen LogP contribution in [0.4, 0.5) is 0 Å². The van der Waals surface area contributed by atoms with Crippen LogP contribution in [0.15, 0.2) is 42.5 Å². The van der Waals surface area contributed by atoms with Crippen LogP contribution in [0, 0.1) is 5.92 Å². The normalized spacial score (nSPS) is 20.4. The van der Waals surface area contributed by atoms with E-state index in [2.05, 4.69) is 39.5 Å². The number of aryl methyl sites for hydroxylation is 1. The minimum absolute atomic E-state index is 0.0644. The maximum atomic E-state index is 13.3. The van der Waals surface area contributed by atoms with Crippen molar-refractivity contribution in [1.29, 1.82) is 0 Å². The van der Waals surface area contributed by atoms with Gasteiger partial charge in [0.25, 0.3) is 5.91 Å². The average molecular weight is 455 g/mol. The summed E-state index contributed by atoms with van der Waals surface area (Å²) in [4.78, 5) is 20.4. The number of fused-ring (bicyclic) bond motifs is 1. The second-order valence-electron chi connectivity index (χ2n) is 10.3. The monoisotopic (exact) mass is 454 g/mol. The highest BCUT2D eigenvalue weighted by Gasteiger charge is 2.30. The van der Waals surface area contributed by atoms with E-state index in [0.717, 1.165) is 73.1 Å². The Balaban J connectivity index is 1.40. The summed E-state index contributed by atoms with van der Waals surface area (Å²) < 4.78 is 4.70. The molecule has 1 saturated heterocycles. The van der Waals surface area contributed by atoms with Crippen LogP contribution in [-0.2, 0) is 13.1 Å². The summed E-state index contributed by atoms with van der Waals surface area (Å²) in [6.45, 7) is 3.37. The van der Waals surface area contributed by atoms with E-state index in [1.165, 1.54) is 30.2 Å². The fourth-order valence-electron chi connectivity index (χ4n) is 5.93. The van der Waals surface area contributed by atoms with Crippen LogP contribution in [0.25, 0.3) is 33.5 Å². The second-order valence-corrected chi connectivity index (χ2v) is 10.3. The first-order valence-corrected chi connectivity index (χ1v) is 12.8. The number of imidazole rings is 1. The van der Waals surface area contributed by atoms with Crippen LogP contribution in [0.1, 0.15) is 60.6 Å². The minimum Gasteiger partial charge on any atom is -0.388 e. The highest BCUT2D eigenvalue weighted by atomic mass is 16.3. The van der Waals surface area contributed by atoms with Gasteiger partial charge in [0.1, 0.15) is 0 Å². The van der Waals surface area contributed by atoms with Gasteiger partial charge in [-0.25, -0.2) is 4.98 Å². The van der Waals surface area contributed by atoms with E-state index < -0.39 is 6.10 Å². The Morgan fingerprint density at radius 3 is 2.65 bits per heavy atom. The molecule has 1 atom stereocenters. The Morgan fingerprint density at radius 2 is 1.82 bits per heavy atom. The lowest BCUT2D eigenvalue weighted by Crippen LogP contribution is -2.35. The molecule has 0 spiro atoms. The number of aliphatic hydroxyl groups is 1. The first kappa shape index (κ1) is 20.3. The first-order valence-electron chi connectivity index (χ1n) is 12.8. The number of hydrogen-bond donors (Lipinski definition) is 1. The summed E-state index contributed by atoms with van der Waals surface area (Å²) in [5.74, 6) is 1.75. The fourth-order valence-corrected chi connectivity index (χ4v) is 5.93. The average Bonchev–Trinajstić information content (AvgIpc) is 3.52. The van der Waals surface area contributed by atoms with Crippen molar-refractivity contribution in [3.8, 4) is 11.5 Å². The third-order valence-corrected chi connectivity index (χ3v) is 7.92. The standard InChI is InChI=1S/C28H30N4O2/c33-25-10-13-31-26-21(25)14-20(28(34)30-11-4-1-5-12-30)15-22(26)29-27(31)24-16-19-6-2-3-7-23(19)32(24)17-18-8-9-18/h2-3,6-7,14-16,18,25,33H,1,4-5,8-13,17H2. The summed E-state index contributed by atoms with van der Waals surface area (Å²) in [5, 5.41) is 12.1. The highest BCUT2D eigenvalue weighted by molar-refractivity contribution is 5.99. The Bertz CT molecular complexity index is 1420. The van der Waals surface area contributed by atoms with Gasteiger partial charge in [0.05, 0.1) is 22.8 Å². The van der Waals surface area contributed by atoms with E-state index >= 15 is 0 Å². The van der Waals surface area contributed by atoms with E-state index in [-0.39, 0.29) is 5.91 Å². The molecular weight excluding hydrogens is 424 g/mol. The number of piperidine rings is 1. The number of carbonyl (C=O) groups excluding carboxylic acids is 1. The molecule has 7 rings (SSSR count). The number of rotatable bonds is 4. The fraction of sp³-hybridized carbons (Fsp3) is 0.429. The van der Waals surface area contributed by atoms with Gasteiger partial charge in [-0.15, -0.1) is 0 Å². The largest absolute Gasteiger partial charge is 0.388 e. The Kier molecular flexibility index (Phi) is 4.59. The molecule has 2 aliphatic heterocycles. The van der Waals surface area contributed by atoms with Gasteiger partial charge >= 0.3 is 0 Å². The lowest BCUT2D eigenvalue weighted by Gasteiger charge is -2.27. The van der Waals surface area contributed by atoms with Crippen LogP contribution >= 0.6 is 0 Å². The van der Waals surface area contributed by atoms with Crippen LogP contribution in [0.2, 0.25) is 0 Å². The molecule has 6 nitrogen and oxygen atoms in total. The minimum atomic E-state index is -0.564. The van der Waals surface area contributed by atoms with Crippen molar-refractivity contribution in [3.63, 3.8) is 0 Å². The van der Waals surface area contributed by atoms with E-state index in [1.807, 2.05) is 17.0 Å². The lowest BCUT2D eigenvalue weighted by atomic mass is 9.98. The van der Waals surface area contributed by atoms with Gasteiger partial charge in [-0.1, -0.05) is 18.2 Å². The topological polar surface area (TPSA) is 63.3 Å². The summed E-state index contributed by atoms with van der Waals surface area (Å²) >= 11 is 0. The van der Waals surface area contributed by atoms with Gasteiger partial charge in [-0.3, -0.25) is 4.79 Å². The molecule has 0 radical (unpaired) electrons. The number of hydrogen-bond acceptors (Lipinski definition) is 3. The smallest absolute Gasteiger partial charge is 0.253 e. The van der Waals surface area contributed by atoms with Crippen LogP contribution in [0.5, 0.6) is 0 Å². The number of nitrogens with zero attached hydrogens (tertiary/aromatic N) is 4. The molecule has 2 aromatic heterocycles. The predicted molar refractivity (Wildman–Crippen MR) is 133 cm³/mol. The van der Waals surface area contributed by atoms with E-state index in [9.17, 15) is 9.90 Å². The number of aromatic nitrogens is 3. The molecule has 1 unspecified atom stereocenters. The molecule has 1 amide bonds. The lowest BCUT2D eigenvalue weighted by molar-refractivity contribution is 0.0724. The number of carbonyl (C=O) groups is 1. The first-order chi connectivity index (χ1) is 16.7. The Morgan fingerprint density at radius 1 is 1.00 bits per heavy atom.